The molecule has 7 nitrogen and oxygen atoms in total. The number of fused-ring (bicyclic) bond motifs is 3. The number of aliphatic hydroxyl groups excluding tert-OH is 1. The zero-order valence-electron chi connectivity index (χ0n) is 19.9. The summed E-state index contributed by atoms with van der Waals surface area (Å²) < 4.78 is 7.89. The molecule has 4 rings (SSSR count). The first-order chi connectivity index (χ1) is 16.0. The monoisotopic (exact) mass is 455 g/mol. The highest BCUT2D eigenvalue weighted by Crippen LogP contribution is 2.39. The van der Waals surface area contributed by atoms with Gasteiger partial charge in [0, 0.05) is 69.0 Å². The number of benzene rings is 1. The SMILES string of the molecule is CN(CCCC(=O)NCCO)C(=O)c1ccc2c(c1)c1c(n2C)CC[C@@H](C2CCOCC2)C1. The molecule has 0 spiro atoms. The summed E-state index contributed by atoms with van der Waals surface area (Å²) in [5.74, 6) is 1.34. The van der Waals surface area contributed by atoms with Crippen molar-refractivity contribution >= 4 is 22.7 Å². The van der Waals surface area contributed by atoms with E-state index in [2.05, 4.69) is 29.1 Å². The molecule has 0 bridgehead atoms. The predicted octanol–water partition coefficient (Wildman–Crippen LogP) is 2.67. The zero-order chi connectivity index (χ0) is 23.4. The van der Waals surface area contributed by atoms with E-state index in [-0.39, 0.29) is 25.0 Å². The van der Waals surface area contributed by atoms with Crippen molar-refractivity contribution in [2.45, 2.75) is 44.9 Å². The number of nitrogens with one attached hydrogen (secondary N) is 1. The maximum atomic E-state index is 13.1. The average molecular weight is 456 g/mol. The Labute approximate surface area is 196 Å². The number of aliphatic hydroxyl groups is 1. The third-order valence-electron chi connectivity index (χ3n) is 7.51. The Morgan fingerprint density at radius 2 is 2.00 bits per heavy atom. The quantitative estimate of drug-likeness (QED) is 0.641. The number of aromatic nitrogens is 1. The van der Waals surface area contributed by atoms with E-state index in [1.807, 2.05) is 6.07 Å². The summed E-state index contributed by atoms with van der Waals surface area (Å²) in [7, 11) is 3.94. The van der Waals surface area contributed by atoms with E-state index in [0.29, 0.717) is 30.9 Å². The van der Waals surface area contributed by atoms with E-state index < -0.39 is 0 Å². The van der Waals surface area contributed by atoms with Crippen LogP contribution in [0.5, 0.6) is 0 Å². The molecular weight excluding hydrogens is 418 g/mol. The van der Waals surface area contributed by atoms with Gasteiger partial charge in [-0.3, -0.25) is 9.59 Å². The van der Waals surface area contributed by atoms with Crippen molar-refractivity contribution in [1.82, 2.24) is 14.8 Å². The largest absolute Gasteiger partial charge is 0.395 e. The molecule has 2 amide bonds. The van der Waals surface area contributed by atoms with Gasteiger partial charge in [0.1, 0.15) is 0 Å². The van der Waals surface area contributed by atoms with E-state index in [1.54, 1.807) is 11.9 Å². The van der Waals surface area contributed by atoms with Crippen molar-refractivity contribution in [2.75, 3.05) is 40.0 Å². The normalized spacial score (nSPS) is 18.8. The van der Waals surface area contributed by atoms with Crippen LogP contribution in [-0.4, -0.2) is 66.3 Å². The minimum Gasteiger partial charge on any atom is -0.395 e. The molecular formula is C26H37N3O4. The van der Waals surface area contributed by atoms with Crippen molar-refractivity contribution < 1.29 is 19.4 Å². The highest BCUT2D eigenvalue weighted by Gasteiger charge is 2.31. The average Bonchev–Trinajstić information content (AvgIpc) is 3.13. The molecule has 0 saturated carbocycles. The van der Waals surface area contributed by atoms with Gasteiger partial charge in [-0.2, -0.15) is 0 Å². The number of hydrogen-bond donors (Lipinski definition) is 2. The molecule has 7 heteroatoms. The standard InChI is InChI=1S/C26H37N3O4/c1-28(12-3-4-25(31)27-11-13-30)26(32)20-6-8-24-22(17-20)21-16-19(5-7-23(21)29(24)2)18-9-14-33-15-10-18/h6,8,17-19,30H,3-5,7,9-16H2,1-2H3,(H,27,31)/t19-/m1/s1. The van der Waals surface area contributed by atoms with Gasteiger partial charge >= 0.3 is 0 Å². The lowest BCUT2D eigenvalue weighted by Crippen LogP contribution is -2.30. The summed E-state index contributed by atoms with van der Waals surface area (Å²) in [6, 6.07) is 6.09. The van der Waals surface area contributed by atoms with E-state index in [0.717, 1.165) is 44.8 Å². The molecule has 2 N–H and O–H groups in total. The van der Waals surface area contributed by atoms with Gasteiger partial charge in [-0.15, -0.1) is 0 Å². The van der Waals surface area contributed by atoms with Gasteiger partial charge in [0.2, 0.25) is 5.91 Å². The van der Waals surface area contributed by atoms with Gasteiger partial charge in [-0.05, 0) is 74.1 Å². The first kappa shape index (κ1) is 23.8. The summed E-state index contributed by atoms with van der Waals surface area (Å²) >= 11 is 0. The van der Waals surface area contributed by atoms with Crippen molar-refractivity contribution in [3.05, 3.63) is 35.0 Å². The summed E-state index contributed by atoms with van der Waals surface area (Å²) in [4.78, 5) is 26.5. The van der Waals surface area contributed by atoms with Crippen LogP contribution in [0, 0.1) is 11.8 Å². The number of nitrogens with zero attached hydrogens (tertiary/aromatic N) is 2. The van der Waals surface area contributed by atoms with Gasteiger partial charge in [0.25, 0.3) is 5.91 Å². The first-order valence-corrected chi connectivity index (χ1v) is 12.3. The second-order valence-electron chi connectivity index (χ2n) is 9.57. The maximum Gasteiger partial charge on any atom is 0.253 e. The topological polar surface area (TPSA) is 83.8 Å². The Hall–Kier alpha value is -2.38. The highest BCUT2D eigenvalue weighted by molar-refractivity contribution is 5.99. The first-order valence-electron chi connectivity index (χ1n) is 12.3. The van der Waals surface area contributed by atoms with Gasteiger partial charge in [0.05, 0.1) is 6.61 Å². The number of aryl methyl sites for hydroxylation is 1. The molecule has 33 heavy (non-hydrogen) atoms. The van der Waals surface area contributed by atoms with Crippen LogP contribution in [-0.2, 0) is 29.4 Å². The second kappa shape index (κ2) is 10.7. The van der Waals surface area contributed by atoms with E-state index >= 15 is 0 Å². The Balaban J connectivity index is 1.46. The van der Waals surface area contributed by atoms with Crippen LogP contribution >= 0.6 is 0 Å². The van der Waals surface area contributed by atoms with Gasteiger partial charge in [-0.1, -0.05) is 0 Å². The summed E-state index contributed by atoms with van der Waals surface area (Å²) in [6.07, 6.45) is 6.69. The Morgan fingerprint density at radius 1 is 1.21 bits per heavy atom. The number of carbonyl (C=O) groups excluding carboxylic acids is 2. The fourth-order valence-electron chi connectivity index (χ4n) is 5.61. The maximum absolute atomic E-state index is 13.1. The molecule has 1 fully saturated rings. The van der Waals surface area contributed by atoms with E-state index in [4.69, 9.17) is 9.84 Å². The summed E-state index contributed by atoms with van der Waals surface area (Å²) in [5.41, 5.74) is 4.75. The Morgan fingerprint density at radius 3 is 2.76 bits per heavy atom. The molecule has 1 saturated heterocycles. The zero-order valence-corrected chi connectivity index (χ0v) is 19.9. The van der Waals surface area contributed by atoms with Crippen molar-refractivity contribution in [1.29, 1.82) is 0 Å². The van der Waals surface area contributed by atoms with Crippen LogP contribution in [0.3, 0.4) is 0 Å². The number of carbonyl (C=O) groups is 2. The minimum atomic E-state index is -0.0960. The van der Waals surface area contributed by atoms with E-state index in [1.165, 1.54) is 28.6 Å². The van der Waals surface area contributed by atoms with Crippen LogP contribution in [0.1, 0.15) is 53.7 Å². The number of ether oxygens (including phenoxy) is 1. The molecule has 2 aliphatic rings. The second-order valence-corrected chi connectivity index (χ2v) is 9.57. The molecule has 0 unspecified atom stereocenters. The molecule has 180 valence electrons. The molecule has 0 radical (unpaired) electrons. The van der Waals surface area contributed by atoms with Crippen molar-refractivity contribution in [3.8, 4) is 0 Å². The van der Waals surface area contributed by atoms with Crippen molar-refractivity contribution in [2.24, 2.45) is 18.9 Å². The molecule has 1 atom stereocenters. The minimum absolute atomic E-state index is 0.0120. The number of amides is 2. The Bertz CT molecular complexity index is 993. The summed E-state index contributed by atoms with van der Waals surface area (Å²) in [6.45, 7) is 2.49. The van der Waals surface area contributed by atoms with Crippen LogP contribution in [0.4, 0.5) is 0 Å². The molecule has 1 aliphatic heterocycles. The molecule has 1 aromatic heterocycles. The fraction of sp³-hybridized carbons (Fsp3) is 0.615. The highest BCUT2D eigenvalue weighted by atomic mass is 16.5. The molecule has 1 aromatic carbocycles. The molecule has 1 aliphatic carbocycles. The summed E-state index contributed by atoms with van der Waals surface area (Å²) in [5, 5.41) is 12.6. The lowest BCUT2D eigenvalue weighted by molar-refractivity contribution is -0.121. The fourth-order valence-corrected chi connectivity index (χ4v) is 5.61. The van der Waals surface area contributed by atoms with Gasteiger partial charge in [0.15, 0.2) is 0 Å². The van der Waals surface area contributed by atoms with Gasteiger partial charge < -0.3 is 24.6 Å². The lowest BCUT2D eigenvalue weighted by atomic mass is 9.75. The third kappa shape index (κ3) is 5.25. The van der Waals surface area contributed by atoms with Crippen LogP contribution in [0.25, 0.3) is 10.9 Å². The number of hydrogen-bond acceptors (Lipinski definition) is 4. The van der Waals surface area contributed by atoms with E-state index in [9.17, 15) is 9.59 Å². The predicted molar refractivity (Wildman–Crippen MR) is 128 cm³/mol. The smallest absolute Gasteiger partial charge is 0.253 e. The Kier molecular flexibility index (Phi) is 7.71. The molecule has 2 heterocycles. The third-order valence-corrected chi connectivity index (χ3v) is 7.51. The number of rotatable bonds is 8. The lowest BCUT2D eigenvalue weighted by Gasteiger charge is -2.33. The molecule has 2 aromatic rings. The van der Waals surface area contributed by atoms with Crippen LogP contribution < -0.4 is 5.32 Å². The van der Waals surface area contributed by atoms with Crippen molar-refractivity contribution in [3.63, 3.8) is 0 Å². The van der Waals surface area contributed by atoms with Crippen LogP contribution in [0.15, 0.2) is 18.2 Å². The van der Waals surface area contributed by atoms with Gasteiger partial charge in [-0.25, -0.2) is 0 Å². The van der Waals surface area contributed by atoms with Crippen LogP contribution in [0.2, 0.25) is 0 Å².